The number of para-hydroxylation sites is 1. The largest absolute Gasteiger partial charge is 0.507 e. The van der Waals surface area contributed by atoms with E-state index in [9.17, 15) is 5.11 Å². The van der Waals surface area contributed by atoms with Crippen molar-refractivity contribution >= 4 is 5.71 Å². The van der Waals surface area contributed by atoms with Crippen LogP contribution >= 0.6 is 0 Å². The molecular formula is C24H22N2O3. The molecule has 0 aliphatic carbocycles. The van der Waals surface area contributed by atoms with Gasteiger partial charge >= 0.3 is 0 Å². The molecule has 0 unspecified atom stereocenters. The highest BCUT2D eigenvalue weighted by molar-refractivity contribution is 6.04. The van der Waals surface area contributed by atoms with Crippen molar-refractivity contribution in [3.63, 3.8) is 0 Å². The number of phenols is 1. The van der Waals surface area contributed by atoms with Crippen LogP contribution < -0.4 is 9.47 Å². The average molecular weight is 386 g/mol. The first-order valence-corrected chi connectivity index (χ1v) is 9.69. The van der Waals surface area contributed by atoms with E-state index in [-0.39, 0.29) is 18.0 Å². The van der Waals surface area contributed by atoms with Crippen molar-refractivity contribution < 1.29 is 14.6 Å². The van der Waals surface area contributed by atoms with Gasteiger partial charge in [0.25, 0.3) is 0 Å². The predicted molar refractivity (Wildman–Crippen MR) is 111 cm³/mol. The molecule has 29 heavy (non-hydrogen) atoms. The van der Waals surface area contributed by atoms with Crippen LogP contribution in [0.5, 0.6) is 17.2 Å². The van der Waals surface area contributed by atoms with Crippen LogP contribution in [0.4, 0.5) is 0 Å². The number of aromatic hydroxyl groups is 1. The van der Waals surface area contributed by atoms with Crippen LogP contribution in [0.1, 0.15) is 40.9 Å². The first-order valence-electron chi connectivity index (χ1n) is 9.69. The Morgan fingerprint density at radius 3 is 2.66 bits per heavy atom. The minimum atomic E-state index is -0.319. The van der Waals surface area contributed by atoms with Crippen molar-refractivity contribution in [2.75, 3.05) is 7.11 Å². The molecule has 5 rings (SSSR count). The van der Waals surface area contributed by atoms with E-state index in [1.54, 1.807) is 19.2 Å². The highest BCUT2D eigenvalue weighted by atomic mass is 16.5. The molecule has 5 nitrogen and oxygen atoms in total. The lowest BCUT2D eigenvalue weighted by atomic mass is 9.95. The van der Waals surface area contributed by atoms with E-state index in [0.29, 0.717) is 17.7 Å². The summed E-state index contributed by atoms with van der Waals surface area (Å²) in [4.78, 5) is 0. The van der Waals surface area contributed by atoms with E-state index in [1.807, 2.05) is 29.3 Å². The van der Waals surface area contributed by atoms with Crippen molar-refractivity contribution in [1.82, 2.24) is 5.01 Å². The van der Waals surface area contributed by atoms with Gasteiger partial charge in [-0.1, -0.05) is 48.0 Å². The van der Waals surface area contributed by atoms with E-state index in [1.165, 1.54) is 5.56 Å². The second-order valence-electron chi connectivity index (χ2n) is 7.45. The molecule has 5 heteroatoms. The van der Waals surface area contributed by atoms with Gasteiger partial charge in [-0.05, 0) is 31.2 Å². The lowest BCUT2D eigenvalue weighted by Crippen LogP contribution is -2.33. The van der Waals surface area contributed by atoms with Gasteiger partial charge in [0.1, 0.15) is 17.2 Å². The predicted octanol–water partition coefficient (Wildman–Crippen LogP) is 4.95. The zero-order valence-electron chi connectivity index (χ0n) is 16.4. The van der Waals surface area contributed by atoms with E-state index < -0.39 is 0 Å². The molecular weight excluding hydrogens is 364 g/mol. The van der Waals surface area contributed by atoms with Crippen LogP contribution in [0.3, 0.4) is 0 Å². The molecule has 0 bridgehead atoms. The van der Waals surface area contributed by atoms with Gasteiger partial charge in [0.2, 0.25) is 6.23 Å². The maximum atomic E-state index is 10.4. The number of aryl methyl sites for hydroxylation is 1. The molecule has 0 amide bonds. The van der Waals surface area contributed by atoms with E-state index in [0.717, 1.165) is 22.6 Å². The van der Waals surface area contributed by atoms with Crippen LogP contribution in [0, 0.1) is 6.92 Å². The Morgan fingerprint density at radius 2 is 1.86 bits per heavy atom. The smallest absolute Gasteiger partial charge is 0.213 e. The number of hydrogen-bond donors (Lipinski definition) is 1. The zero-order valence-corrected chi connectivity index (χ0v) is 16.4. The Hall–Kier alpha value is -3.47. The summed E-state index contributed by atoms with van der Waals surface area (Å²) in [6.45, 7) is 2.07. The highest BCUT2D eigenvalue weighted by Crippen LogP contribution is 2.48. The summed E-state index contributed by atoms with van der Waals surface area (Å²) in [6.07, 6.45) is 0.365. The van der Waals surface area contributed by atoms with Gasteiger partial charge in [0.15, 0.2) is 0 Å². The first-order chi connectivity index (χ1) is 14.1. The number of fused-ring (bicyclic) bond motifs is 3. The normalized spacial score (nSPS) is 19.8. The fraction of sp³-hybridized carbons (Fsp3) is 0.208. The SMILES string of the molecule is COc1ccc(O)c(C2=NN3[C@@H](c4ccc(C)cc4)Oc4ccccc4[C@@H]3C2)c1. The standard InChI is InChI=1S/C24H22N2O3/c1-15-7-9-16(10-8-15)24-26-21(18-5-3-4-6-23(18)29-24)14-20(25-26)19-13-17(28-2)11-12-22(19)27/h3-13,21,24,27H,14H2,1-2H3/t21-,24+/m0/s1. The molecule has 0 saturated heterocycles. The van der Waals surface area contributed by atoms with Crippen molar-refractivity contribution in [1.29, 1.82) is 0 Å². The summed E-state index contributed by atoms with van der Waals surface area (Å²) in [5, 5.41) is 17.4. The summed E-state index contributed by atoms with van der Waals surface area (Å²) < 4.78 is 11.7. The van der Waals surface area contributed by atoms with E-state index in [4.69, 9.17) is 14.6 Å². The number of ether oxygens (including phenoxy) is 2. The molecule has 2 aliphatic rings. The summed E-state index contributed by atoms with van der Waals surface area (Å²) in [7, 11) is 1.62. The molecule has 0 spiro atoms. The zero-order chi connectivity index (χ0) is 20.0. The van der Waals surface area contributed by atoms with Gasteiger partial charge in [0.05, 0.1) is 18.9 Å². The summed E-state index contributed by atoms with van der Waals surface area (Å²) in [5.41, 5.74) is 4.88. The Balaban J connectivity index is 1.60. The van der Waals surface area contributed by atoms with Gasteiger partial charge < -0.3 is 14.6 Å². The number of benzene rings is 3. The Labute approximate surface area is 169 Å². The van der Waals surface area contributed by atoms with Crippen LogP contribution in [0.25, 0.3) is 0 Å². The number of methoxy groups -OCH3 is 1. The second kappa shape index (κ2) is 6.85. The number of phenolic OH excluding ortho intramolecular Hbond substituents is 1. The summed E-state index contributed by atoms with van der Waals surface area (Å²) >= 11 is 0. The van der Waals surface area contributed by atoms with Gasteiger partial charge in [-0.2, -0.15) is 5.10 Å². The third-order valence-electron chi connectivity index (χ3n) is 5.58. The lowest BCUT2D eigenvalue weighted by molar-refractivity contribution is -0.0190. The molecule has 0 aromatic heterocycles. The maximum absolute atomic E-state index is 10.4. The molecule has 3 aromatic carbocycles. The molecule has 0 fully saturated rings. The minimum absolute atomic E-state index is 0.0480. The van der Waals surface area contributed by atoms with Crippen LogP contribution in [-0.2, 0) is 0 Å². The molecule has 3 aromatic rings. The van der Waals surface area contributed by atoms with Crippen molar-refractivity contribution in [3.8, 4) is 17.2 Å². The first kappa shape index (κ1) is 17.6. The number of hydrogen-bond acceptors (Lipinski definition) is 5. The molecule has 2 heterocycles. The van der Waals surface area contributed by atoms with Crippen molar-refractivity contribution in [2.45, 2.75) is 25.6 Å². The lowest BCUT2D eigenvalue weighted by Gasteiger charge is -2.38. The van der Waals surface area contributed by atoms with Crippen LogP contribution in [0.2, 0.25) is 0 Å². The van der Waals surface area contributed by atoms with Gasteiger partial charge in [-0.25, -0.2) is 5.01 Å². The topological polar surface area (TPSA) is 54.3 Å². The summed E-state index contributed by atoms with van der Waals surface area (Å²) in [6, 6.07) is 21.7. The molecule has 0 radical (unpaired) electrons. The quantitative estimate of drug-likeness (QED) is 0.692. The number of hydrazone groups is 1. The minimum Gasteiger partial charge on any atom is -0.507 e. The molecule has 2 aliphatic heterocycles. The van der Waals surface area contributed by atoms with Gasteiger partial charge in [-0.3, -0.25) is 0 Å². The van der Waals surface area contributed by atoms with Gasteiger partial charge in [0, 0.05) is 23.1 Å². The fourth-order valence-electron chi connectivity index (χ4n) is 4.02. The Morgan fingerprint density at radius 1 is 1.07 bits per heavy atom. The van der Waals surface area contributed by atoms with Crippen molar-refractivity contribution in [2.24, 2.45) is 5.10 Å². The number of nitrogens with zero attached hydrogens (tertiary/aromatic N) is 2. The molecule has 0 saturated carbocycles. The third-order valence-corrected chi connectivity index (χ3v) is 5.58. The molecule has 1 N–H and O–H groups in total. The van der Waals surface area contributed by atoms with Crippen LogP contribution in [-0.4, -0.2) is 22.9 Å². The third kappa shape index (κ3) is 2.99. The van der Waals surface area contributed by atoms with E-state index >= 15 is 0 Å². The number of rotatable bonds is 3. The average Bonchev–Trinajstić information content (AvgIpc) is 3.20. The maximum Gasteiger partial charge on any atom is 0.213 e. The molecule has 146 valence electrons. The Kier molecular flexibility index (Phi) is 4.16. The molecule has 2 atom stereocenters. The second-order valence-corrected chi connectivity index (χ2v) is 7.45. The van der Waals surface area contributed by atoms with Crippen LogP contribution in [0.15, 0.2) is 71.8 Å². The fourth-order valence-corrected chi connectivity index (χ4v) is 4.02. The Bertz CT molecular complexity index is 1090. The monoisotopic (exact) mass is 386 g/mol. The summed E-state index contributed by atoms with van der Waals surface area (Å²) in [5.74, 6) is 1.77. The highest BCUT2D eigenvalue weighted by Gasteiger charge is 2.41. The van der Waals surface area contributed by atoms with Crippen molar-refractivity contribution in [3.05, 3.63) is 89.0 Å². The van der Waals surface area contributed by atoms with E-state index in [2.05, 4.69) is 37.3 Å². The van der Waals surface area contributed by atoms with Gasteiger partial charge in [-0.15, -0.1) is 0 Å².